The lowest BCUT2D eigenvalue weighted by atomic mass is 9.89. The number of hydrogen-bond acceptors (Lipinski definition) is 1. The van der Waals surface area contributed by atoms with Crippen LogP contribution in [0.3, 0.4) is 0 Å². The minimum absolute atomic E-state index is 0.173. The van der Waals surface area contributed by atoms with Crippen LogP contribution >= 0.6 is 0 Å². The van der Waals surface area contributed by atoms with E-state index in [4.69, 9.17) is 0 Å². The van der Waals surface area contributed by atoms with Crippen molar-refractivity contribution in [3.8, 4) is 11.8 Å². The largest absolute Gasteiger partial charge is 0.392 e. The second-order valence-corrected chi connectivity index (χ2v) is 4.94. The summed E-state index contributed by atoms with van der Waals surface area (Å²) < 4.78 is 0. The van der Waals surface area contributed by atoms with Gasteiger partial charge in [-0.05, 0) is 19.3 Å². The second kappa shape index (κ2) is 9.73. The van der Waals surface area contributed by atoms with Gasteiger partial charge in [-0.25, -0.2) is 0 Å². The molecule has 0 aromatic heterocycles. The Morgan fingerprint density at radius 3 is 2.19 bits per heavy atom. The molecule has 0 unspecified atom stereocenters. The summed E-state index contributed by atoms with van der Waals surface area (Å²) >= 11 is 0. The van der Waals surface area contributed by atoms with E-state index in [0.29, 0.717) is 5.92 Å². The van der Waals surface area contributed by atoms with Crippen LogP contribution in [0, 0.1) is 23.7 Å². The van der Waals surface area contributed by atoms with Crippen molar-refractivity contribution in [1.29, 1.82) is 0 Å². The third kappa shape index (κ3) is 6.90. The van der Waals surface area contributed by atoms with E-state index in [1.54, 1.807) is 0 Å². The van der Waals surface area contributed by atoms with Gasteiger partial charge in [-0.1, -0.05) is 58.8 Å². The summed E-state index contributed by atoms with van der Waals surface area (Å²) in [5.74, 6) is 6.58. The topological polar surface area (TPSA) is 20.2 Å². The Morgan fingerprint density at radius 2 is 1.69 bits per heavy atom. The molecule has 2 atom stereocenters. The van der Waals surface area contributed by atoms with Gasteiger partial charge in [0.25, 0.3) is 0 Å². The first-order valence-electron chi connectivity index (χ1n) is 6.73. The maximum atomic E-state index is 10.0. The van der Waals surface area contributed by atoms with Crippen LogP contribution in [0.5, 0.6) is 0 Å². The van der Waals surface area contributed by atoms with Crippen LogP contribution in [0.25, 0.3) is 0 Å². The lowest BCUT2D eigenvalue weighted by molar-refractivity contribution is 0.0831. The maximum Gasteiger partial charge on any atom is 0.0700 e. The average molecular weight is 224 g/mol. The molecule has 1 heteroatoms. The minimum atomic E-state index is -0.265. The van der Waals surface area contributed by atoms with E-state index in [9.17, 15) is 5.11 Å². The fourth-order valence-electron chi connectivity index (χ4n) is 1.95. The van der Waals surface area contributed by atoms with Crippen LogP contribution in [0.2, 0.25) is 0 Å². The van der Waals surface area contributed by atoms with E-state index in [2.05, 4.69) is 32.6 Å². The van der Waals surface area contributed by atoms with E-state index in [0.717, 1.165) is 6.42 Å². The predicted molar refractivity (Wildman–Crippen MR) is 71.2 cm³/mol. The molecule has 0 heterocycles. The first-order valence-corrected chi connectivity index (χ1v) is 6.73. The van der Waals surface area contributed by atoms with Crippen molar-refractivity contribution >= 4 is 0 Å². The van der Waals surface area contributed by atoms with Crippen molar-refractivity contribution in [1.82, 2.24) is 0 Å². The Morgan fingerprint density at radius 1 is 1.06 bits per heavy atom. The highest BCUT2D eigenvalue weighted by atomic mass is 16.3. The highest BCUT2D eigenvalue weighted by Crippen LogP contribution is 2.19. The maximum absolute atomic E-state index is 10.0. The molecule has 1 nitrogen and oxygen atoms in total. The fourth-order valence-corrected chi connectivity index (χ4v) is 1.95. The fraction of sp³-hybridized carbons (Fsp3) is 0.867. The molecule has 0 aliphatic carbocycles. The third-order valence-electron chi connectivity index (χ3n) is 3.04. The van der Waals surface area contributed by atoms with Gasteiger partial charge in [-0.15, -0.1) is 5.92 Å². The molecule has 0 fully saturated rings. The summed E-state index contributed by atoms with van der Waals surface area (Å²) in [6.07, 6.45) is 7.19. The average Bonchev–Trinajstić information content (AvgIpc) is 2.26. The van der Waals surface area contributed by atoms with Crippen molar-refractivity contribution in [3.05, 3.63) is 0 Å². The van der Waals surface area contributed by atoms with E-state index in [1.165, 1.54) is 32.1 Å². The number of unbranched alkanes of at least 4 members (excludes halogenated alkanes) is 4. The summed E-state index contributed by atoms with van der Waals surface area (Å²) in [6, 6.07) is 0. The summed E-state index contributed by atoms with van der Waals surface area (Å²) in [5, 5.41) is 10.0. The van der Waals surface area contributed by atoms with Crippen molar-refractivity contribution in [2.45, 2.75) is 72.3 Å². The zero-order valence-electron chi connectivity index (χ0n) is 11.4. The van der Waals surface area contributed by atoms with Crippen LogP contribution in [-0.4, -0.2) is 11.2 Å². The number of aliphatic hydroxyl groups is 1. The lowest BCUT2D eigenvalue weighted by Crippen LogP contribution is -2.24. The Balaban J connectivity index is 3.89. The van der Waals surface area contributed by atoms with Gasteiger partial charge in [-0.3, -0.25) is 0 Å². The molecule has 0 radical (unpaired) electrons. The zero-order valence-corrected chi connectivity index (χ0v) is 11.4. The van der Waals surface area contributed by atoms with Crippen molar-refractivity contribution in [2.75, 3.05) is 0 Å². The summed E-state index contributed by atoms with van der Waals surface area (Å²) in [5.41, 5.74) is 0. The van der Waals surface area contributed by atoms with E-state index < -0.39 is 0 Å². The third-order valence-corrected chi connectivity index (χ3v) is 3.04. The molecule has 0 saturated heterocycles. The van der Waals surface area contributed by atoms with Gasteiger partial charge in [0.1, 0.15) is 0 Å². The standard InChI is InChI=1S/C15H28O/c1-5-7-8-9-10-12-14(11-6-2)15(16)13(3)4/h13-16H,5,7-10,12H2,1-4H3/t14-,15-/m0/s1. The monoisotopic (exact) mass is 224 g/mol. The van der Waals surface area contributed by atoms with E-state index >= 15 is 0 Å². The van der Waals surface area contributed by atoms with Crippen molar-refractivity contribution in [2.24, 2.45) is 11.8 Å². The first kappa shape index (κ1) is 15.5. The van der Waals surface area contributed by atoms with Gasteiger partial charge >= 0.3 is 0 Å². The van der Waals surface area contributed by atoms with Crippen LogP contribution in [0.15, 0.2) is 0 Å². The zero-order chi connectivity index (χ0) is 12.4. The molecule has 94 valence electrons. The summed E-state index contributed by atoms with van der Waals surface area (Å²) in [7, 11) is 0. The Kier molecular flexibility index (Phi) is 9.43. The van der Waals surface area contributed by atoms with E-state index in [-0.39, 0.29) is 12.0 Å². The van der Waals surface area contributed by atoms with Gasteiger partial charge in [-0.2, -0.15) is 0 Å². The molecular weight excluding hydrogens is 196 g/mol. The molecule has 16 heavy (non-hydrogen) atoms. The van der Waals surface area contributed by atoms with E-state index in [1.807, 2.05) is 6.92 Å². The minimum Gasteiger partial charge on any atom is -0.392 e. The molecule has 0 aliphatic rings. The molecule has 0 aromatic rings. The normalized spacial score (nSPS) is 14.4. The first-order chi connectivity index (χ1) is 7.63. The molecule has 0 bridgehead atoms. The second-order valence-electron chi connectivity index (χ2n) is 4.94. The summed E-state index contributed by atoms with van der Waals surface area (Å²) in [4.78, 5) is 0. The van der Waals surface area contributed by atoms with Gasteiger partial charge in [0.05, 0.1) is 6.10 Å². The summed E-state index contributed by atoms with van der Waals surface area (Å²) in [6.45, 7) is 8.21. The number of hydrogen-bond donors (Lipinski definition) is 1. The Bertz CT molecular complexity index is 209. The van der Waals surface area contributed by atoms with Gasteiger partial charge in [0.2, 0.25) is 0 Å². The highest BCUT2D eigenvalue weighted by molar-refractivity contribution is 5.03. The molecule has 1 N–H and O–H groups in total. The van der Waals surface area contributed by atoms with Gasteiger partial charge in [0, 0.05) is 5.92 Å². The molecule has 0 amide bonds. The Labute approximate surface area is 102 Å². The van der Waals surface area contributed by atoms with Crippen molar-refractivity contribution < 1.29 is 5.11 Å². The van der Waals surface area contributed by atoms with Crippen molar-refractivity contribution in [3.63, 3.8) is 0 Å². The molecular formula is C15H28O. The quantitative estimate of drug-likeness (QED) is 0.488. The number of rotatable bonds is 8. The van der Waals surface area contributed by atoms with Crippen LogP contribution in [0.4, 0.5) is 0 Å². The molecule has 0 rings (SSSR count). The van der Waals surface area contributed by atoms with Gasteiger partial charge < -0.3 is 5.11 Å². The van der Waals surface area contributed by atoms with Gasteiger partial charge in [0.15, 0.2) is 0 Å². The molecule has 0 aromatic carbocycles. The Hall–Kier alpha value is -0.480. The van der Waals surface area contributed by atoms with Crippen LogP contribution in [-0.2, 0) is 0 Å². The van der Waals surface area contributed by atoms with Crippen LogP contribution in [0.1, 0.15) is 66.2 Å². The smallest absolute Gasteiger partial charge is 0.0700 e. The predicted octanol–water partition coefficient (Wildman–Crippen LogP) is 4.00. The number of aliphatic hydroxyl groups excluding tert-OH is 1. The lowest BCUT2D eigenvalue weighted by Gasteiger charge is -2.21. The van der Waals surface area contributed by atoms with Crippen LogP contribution < -0.4 is 0 Å². The molecule has 0 aliphatic heterocycles. The molecule has 0 spiro atoms. The highest BCUT2D eigenvalue weighted by Gasteiger charge is 2.19. The SMILES string of the molecule is CC#C[C@@H](CCCCCCC)[C@@H](O)C(C)C. The molecule has 0 saturated carbocycles.